The number of ether oxygens (including phenoxy) is 1. The van der Waals surface area contributed by atoms with E-state index in [0.717, 1.165) is 22.6 Å². The average molecular weight is 229 g/mol. The van der Waals surface area contributed by atoms with Crippen LogP contribution >= 0.6 is 0 Å². The standard InChI is InChI=1S/C14H15NO2/c1-10-4-3-5-13(6-10)17-14-8-12(9-16)7-11(2)15-14/h3-8,16H,9H2,1-2H3. The molecular weight excluding hydrogens is 214 g/mol. The van der Waals surface area contributed by atoms with Gasteiger partial charge in [-0.2, -0.15) is 0 Å². The summed E-state index contributed by atoms with van der Waals surface area (Å²) in [5, 5.41) is 9.11. The predicted molar refractivity (Wildman–Crippen MR) is 66.1 cm³/mol. The van der Waals surface area contributed by atoms with Gasteiger partial charge >= 0.3 is 0 Å². The first kappa shape index (κ1) is 11.6. The minimum absolute atomic E-state index is 0.00641. The first-order valence-electron chi connectivity index (χ1n) is 5.50. The third kappa shape index (κ3) is 3.04. The van der Waals surface area contributed by atoms with Crippen molar-refractivity contribution in [2.24, 2.45) is 0 Å². The summed E-state index contributed by atoms with van der Waals surface area (Å²) in [6.07, 6.45) is 0. The second kappa shape index (κ2) is 4.97. The van der Waals surface area contributed by atoms with Gasteiger partial charge < -0.3 is 9.84 Å². The van der Waals surface area contributed by atoms with Crippen molar-refractivity contribution in [2.75, 3.05) is 0 Å². The van der Waals surface area contributed by atoms with Crippen molar-refractivity contribution in [3.63, 3.8) is 0 Å². The highest BCUT2D eigenvalue weighted by atomic mass is 16.5. The van der Waals surface area contributed by atoms with Crippen molar-refractivity contribution < 1.29 is 9.84 Å². The SMILES string of the molecule is Cc1cccc(Oc2cc(CO)cc(C)n2)c1. The number of benzene rings is 1. The van der Waals surface area contributed by atoms with E-state index in [4.69, 9.17) is 9.84 Å². The van der Waals surface area contributed by atoms with Crippen molar-refractivity contribution in [1.29, 1.82) is 0 Å². The van der Waals surface area contributed by atoms with Gasteiger partial charge in [0.05, 0.1) is 6.61 Å². The third-order valence-electron chi connectivity index (χ3n) is 2.38. The Morgan fingerprint density at radius 2 is 2.00 bits per heavy atom. The fourth-order valence-corrected chi connectivity index (χ4v) is 1.65. The Morgan fingerprint density at radius 1 is 1.18 bits per heavy atom. The monoisotopic (exact) mass is 229 g/mol. The van der Waals surface area contributed by atoms with Gasteiger partial charge in [0.1, 0.15) is 5.75 Å². The number of hydrogen-bond acceptors (Lipinski definition) is 3. The van der Waals surface area contributed by atoms with Crippen molar-refractivity contribution >= 4 is 0 Å². The Labute approximate surface area is 101 Å². The zero-order valence-electron chi connectivity index (χ0n) is 9.97. The van der Waals surface area contributed by atoms with Crippen LogP contribution in [-0.2, 0) is 6.61 Å². The maximum Gasteiger partial charge on any atom is 0.219 e. The quantitative estimate of drug-likeness (QED) is 0.879. The third-order valence-corrected chi connectivity index (χ3v) is 2.38. The molecule has 0 spiro atoms. The van der Waals surface area contributed by atoms with Crippen LogP contribution < -0.4 is 4.74 Å². The van der Waals surface area contributed by atoms with Gasteiger partial charge in [0.25, 0.3) is 0 Å². The number of aromatic nitrogens is 1. The van der Waals surface area contributed by atoms with Crippen molar-refractivity contribution in [1.82, 2.24) is 4.98 Å². The number of aliphatic hydroxyl groups is 1. The maximum absolute atomic E-state index is 9.11. The van der Waals surface area contributed by atoms with Crippen LogP contribution in [0.1, 0.15) is 16.8 Å². The van der Waals surface area contributed by atoms with Crippen LogP contribution in [0, 0.1) is 13.8 Å². The molecule has 2 aromatic rings. The van der Waals surface area contributed by atoms with E-state index in [2.05, 4.69) is 4.98 Å². The molecule has 0 aliphatic heterocycles. The van der Waals surface area contributed by atoms with Crippen molar-refractivity contribution in [2.45, 2.75) is 20.5 Å². The molecule has 0 amide bonds. The molecule has 3 heteroatoms. The van der Waals surface area contributed by atoms with E-state index in [1.54, 1.807) is 6.07 Å². The smallest absolute Gasteiger partial charge is 0.219 e. The molecular formula is C14H15NO2. The lowest BCUT2D eigenvalue weighted by molar-refractivity contribution is 0.281. The summed E-state index contributed by atoms with van der Waals surface area (Å²) in [4.78, 5) is 4.27. The second-order valence-corrected chi connectivity index (χ2v) is 4.03. The number of nitrogens with zero attached hydrogens (tertiary/aromatic N) is 1. The number of aliphatic hydroxyl groups excluding tert-OH is 1. The molecule has 0 bridgehead atoms. The van der Waals surface area contributed by atoms with E-state index in [-0.39, 0.29) is 6.61 Å². The molecule has 0 saturated heterocycles. The number of rotatable bonds is 3. The van der Waals surface area contributed by atoms with E-state index in [9.17, 15) is 0 Å². The van der Waals surface area contributed by atoms with Crippen LogP contribution in [0.3, 0.4) is 0 Å². The van der Waals surface area contributed by atoms with Crippen LogP contribution in [0.15, 0.2) is 36.4 Å². The average Bonchev–Trinajstić information content (AvgIpc) is 2.28. The Morgan fingerprint density at radius 3 is 2.71 bits per heavy atom. The normalized spacial score (nSPS) is 10.3. The Bertz CT molecular complexity index is 523. The molecule has 0 aliphatic carbocycles. The largest absolute Gasteiger partial charge is 0.439 e. The molecule has 1 heterocycles. The Hall–Kier alpha value is -1.87. The highest BCUT2D eigenvalue weighted by Gasteiger charge is 2.02. The first-order chi connectivity index (χ1) is 8.17. The molecule has 0 atom stereocenters. The molecule has 0 saturated carbocycles. The summed E-state index contributed by atoms with van der Waals surface area (Å²) in [5.41, 5.74) is 2.77. The second-order valence-electron chi connectivity index (χ2n) is 4.03. The van der Waals surface area contributed by atoms with Gasteiger partial charge in [-0.1, -0.05) is 12.1 Å². The van der Waals surface area contributed by atoms with E-state index in [1.165, 1.54) is 0 Å². The summed E-state index contributed by atoms with van der Waals surface area (Å²) >= 11 is 0. The van der Waals surface area contributed by atoms with Gasteiger partial charge in [0, 0.05) is 11.8 Å². The molecule has 88 valence electrons. The maximum atomic E-state index is 9.11. The lowest BCUT2D eigenvalue weighted by Gasteiger charge is -2.07. The van der Waals surface area contributed by atoms with Gasteiger partial charge in [0.15, 0.2) is 0 Å². The van der Waals surface area contributed by atoms with Crippen LogP contribution in [0.4, 0.5) is 0 Å². The molecule has 0 unspecified atom stereocenters. The molecule has 1 aromatic carbocycles. The summed E-state index contributed by atoms with van der Waals surface area (Å²) in [5.74, 6) is 1.27. The van der Waals surface area contributed by atoms with Crippen LogP contribution in [0.5, 0.6) is 11.6 Å². The fourth-order valence-electron chi connectivity index (χ4n) is 1.65. The van der Waals surface area contributed by atoms with Gasteiger partial charge in [-0.25, -0.2) is 4.98 Å². The van der Waals surface area contributed by atoms with Crippen LogP contribution in [-0.4, -0.2) is 10.1 Å². The molecule has 1 N–H and O–H groups in total. The van der Waals surface area contributed by atoms with Gasteiger partial charge in [0.2, 0.25) is 5.88 Å². The summed E-state index contributed by atoms with van der Waals surface area (Å²) in [6, 6.07) is 11.4. The zero-order chi connectivity index (χ0) is 12.3. The molecule has 0 fully saturated rings. The number of pyridine rings is 1. The molecule has 0 radical (unpaired) electrons. The first-order valence-corrected chi connectivity index (χ1v) is 5.50. The summed E-state index contributed by atoms with van der Waals surface area (Å²) in [6.45, 7) is 3.88. The lowest BCUT2D eigenvalue weighted by atomic mass is 10.2. The molecule has 17 heavy (non-hydrogen) atoms. The van der Waals surface area contributed by atoms with Gasteiger partial charge in [-0.3, -0.25) is 0 Å². The van der Waals surface area contributed by atoms with E-state index in [1.807, 2.05) is 44.2 Å². The Kier molecular flexibility index (Phi) is 3.40. The van der Waals surface area contributed by atoms with Crippen LogP contribution in [0.2, 0.25) is 0 Å². The van der Waals surface area contributed by atoms with Gasteiger partial charge in [-0.05, 0) is 43.2 Å². The van der Waals surface area contributed by atoms with E-state index < -0.39 is 0 Å². The zero-order valence-corrected chi connectivity index (χ0v) is 9.97. The minimum atomic E-state index is -0.00641. The highest BCUT2D eigenvalue weighted by Crippen LogP contribution is 2.21. The molecule has 1 aromatic heterocycles. The Balaban J connectivity index is 2.26. The topological polar surface area (TPSA) is 42.4 Å². The molecule has 0 aliphatic rings. The molecule has 2 rings (SSSR count). The van der Waals surface area contributed by atoms with Crippen molar-refractivity contribution in [3.05, 3.63) is 53.2 Å². The number of hydrogen-bond donors (Lipinski definition) is 1. The fraction of sp³-hybridized carbons (Fsp3) is 0.214. The summed E-state index contributed by atoms with van der Waals surface area (Å²) in [7, 11) is 0. The van der Waals surface area contributed by atoms with Crippen molar-refractivity contribution in [3.8, 4) is 11.6 Å². The molecule has 3 nitrogen and oxygen atoms in total. The highest BCUT2D eigenvalue weighted by molar-refractivity contribution is 5.32. The number of aryl methyl sites for hydroxylation is 2. The van der Waals surface area contributed by atoms with Crippen LogP contribution in [0.25, 0.3) is 0 Å². The summed E-state index contributed by atoms with van der Waals surface area (Å²) < 4.78 is 5.66. The lowest BCUT2D eigenvalue weighted by Crippen LogP contribution is -1.93. The predicted octanol–water partition coefficient (Wildman–Crippen LogP) is 2.98. The van der Waals surface area contributed by atoms with E-state index in [0.29, 0.717) is 5.88 Å². The minimum Gasteiger partial charge on any atom is -0.439 e. The van der Waals surface area contributed by atoms with E-state index >= 15 is 0 Å². The van der Waals surface area contributed by atoms with Gasteiger partial charge in [-0.15, -0.1) is 0 Å².